The lowest BCUT2D eigenvalue weighted by molar-refractivity contribution is 0.121. The van der Waals surface area contributed by atoms with Gasteiger partial charge >= 0.3 is 0 Å². The molecule has 0 aromatic heterocycles. The molecule has 0 aliphatic carbocycles. The molecular weight excluding hydrogens is 154 g/mol. The Hall–Kier alpha value is -1.06. The molecule has 0 aliphatic rings. The van der Waals surface area contributed by atoms with Crippen LogP contribution in [0.25, 0.3) is 0 Å². The molecular formula is C9H13NO2. The van der Waals surface area contributed by atoms with Crippen LogP contribution in [0.5, 0.6) is 5.75 Å². The minimum atomic E-state index is 0.385. The number of hydrogen-bond acceptors (Lipinski definition) is 3. The van der Waals surface area contributed by atoms with Crippen LogP contribution in [0.3, 0.4) is 0 Å². The zero-order valence-corrected chi connectivity index (χ0v) is 7.12. The van der Waals surface area contributed by atoms with Crippen molar-refractivity contribution in [3.63, 3.8) is 0 Å². The highest BCUT2D eigenvalue weighted by atomic mass is 16.6. The van der Waals surface area contributed by atoms with E-state index in [9.17, 15) is 0 Å². The maximum Gasteiger partial charge on any atom is 0.124 e. The number of rotatable bonds is 4. The van der Waals surface area contributed by atoms with Gasteiger partial charge < -0.3 is 4.74 Å². The molecule has 1 aromatic carbocycles. The first-order chi connectivity index (χ1) is 5.88. The molecule has 0 aliphatic heterocycles. The third-order valence-corrected chi connectivity index (χ3v) is 1.51. The average molecular weight is 167 g/mol. The lowest BCUT2D eigenvalue weighted by atomic mass is 10.2. The standard InChI is InChI=1S/C9H13NO2/c1-2-11-9-6-4-3-5-8(9)7-12-10/h3-6H,2,7,10H2,1H3. The Morgan fingerprint density at radius 3 is 2.75 bits per heavy atom. The number of nitrogens with two attached hydrogens (primary N) is 1. The van der Waals surface area contributed by atoms with Gasteiger partial charge in [0.1, 0.15) is 5.75 Å². The molecule has 12 heavy (non-hydrogen) atoms. The summed E-state index contributed by atoms with van der Waals surface area (Å²) in [6.07, 6.45) is 0. The van der Waals surface area contributed by atoms with Gasteiger partial charge in [-0.2, -0.15) is 0 Å². The summed E-state index contributed by atoms with van der Waals surface area (Å²) in [5.74, 6) is 5.81. The maximum atomic E-state index is 5.35. The van der Waals surface area contributed by atoms with Crippen molar-refractivity contribution in [3.05, 3.63) is 29.8 Å². The molecule has 0 fully saturated rings. The fraction of sp³-hybridized carbons (Fsp3) is 0.333. The lowest BCUT2D eigenvalue weighted by Crippen LogP contribution is -2.02. The van der Waals surface area contributed by atoms with E-state index >= 15 is 0 Å². The molecule has 0 heterocycles. The predicted molar refractivity (Wildman–Crippen MR) is 46.6 cm³/mol. The first-order valence-corrected chi connectivity index (χ1v) is 3.91. The Kier molecular flexibility index (Phi) is 3.57. The molecule has 0 saturated heterocycles. The third-order valence-electron chi connectivity index (χ3n) is 1.51. The van der Waals surface area contributed by atoms with Crippen molar-refractivity contribution in [2.75, 3.05) is 6.61 Å². The molecule has 0 saturated carbocycles. The molecule has 2 N–H and O–H groups in total. The van der Waals surface area contributed by atoms with Gasteiger partial charge in [-0.05, 0) is 13.0 Å². The van der Waals surface area contributed by atoms with Gasteiger partial charge in [0.2, 0.25) is 0 Å². The van der Waals surface area contributed by atoms with Crippen LogP contribution in [0, 0.1) is 0 Å². The maximum absolute atomic E-state index is 5.35. The highest BCUT2D eigenvalue weighted by Crippen LogP contribution is 2.17. The number of hydrogen-bond donors (Lipinski definition) is 1. The summed E-state index contributed by atoms with van der Waals surface area (Å²) in [5.41, 5.74) is 0.974. The van der Waals surface area contributed by atoms with Crippen molar-refractivity contribution in [3.8, 4) is 5.75 Å². The zero-order chi connectivity index (χ0) is 8.81. The van der Waals surface area contributed by atoms with Crippen LogP contribution in [0.15, 0.2) is 24.3 Å². The van der Waals surface area contributed by atoms with Crippen LogP contribution in [0.4, 0.5) is 0 Å². The van der Waals surface area contributed by atoms with Gasteiger partial charge in [0.15, 0.2) is 0 Å². The second kappa shape index (κ2) is 4.74. The van der Waals surface area contributed by atoms with Crippen molar-refractivity contribution in [2.45, 2.75) is 13.5 Å². The largest absolute Gasteiger partial charge is 0.494 e. The smallest absolute Gasteiger partial charge is 0.124 e. The molecule has 0 radical (unpaired) electrons. The summed E-state index contributed by atoms with van der Waals surface area (Å²) in [7, 11) is 0. The second-order valence-electron chi connectivity index (χ2n) is 2.35. The van der Waals surface area contributed by atoms with Crippen LogP contribution in [-0.4, -0.2) is 6.61 Å². The van der Waals surface area contributed by atoms with E-state index in [2.05, 4.69) is 4.84 Å². The van der Waals surface area contributed by atoms with Gasteiger partial charge in [-0.15, -0.1) is 0 Å². The molecule has 1 aromatic rings. The summed E-state index contributed by atoms with van der Waals surface area (Å²) in [5, 5.41) is 0. The van der Waals surface area contributed by atoms with Crippen LogP contribution in [-0.2, 0) is 11.4 Å². The van der Waals surface area contributed by atoms with Crippen LogP contribution < -0.4 is 10.6 Å². The molecule has 66 valence electrons. The SMILES string of the molecule is CCOc1ccccc1CON. The van der Waals surface area contributed by atoms with E-state index in [1.165, 1.54) is 0 Å². The van der Waals surface area contributed by atoms with Crippen LogP contribution in [0.1, 0.15) is 12.5 Å². The van der Waals surface area contributed by atoms with E-state index in [0.717, 1.165) is 11.3 Å². The van der Waals surface area contributed by atoms with E-state index < -0.39 is 0 Å². The Balaban J connectivity index is 2.77. The molecule has 0 unspecified atom stereocenters. The summed E-state index contributed by atoms with van der Waals surface area (Å²) < 4.78 is 5.35. The number of para-hydroxylation sites is 1. The Bertz CT molecular complexity index is 213. The van der Waals surface area contributed by atoms with Crippen molar-refractivity contribution in [1.29, 1.82) is 0 Å². The van der Waals surface area contributed by atoms with Crippen molar-refractivity contribution in [1.82, 2.24) is 0 Å². The van der Waals surface area contributed by atoms with Gasteiger partial charge in [-0.1, -0.05) is 18.2 Å². The molecule has 3 nitrogen and oxygen atoms in total. The Labute approximate surface area is 72.0 Å². The first kappa shape index (κ1) is 9.03. The Morgan fingerprint density at radius 1 is 1.33 bits per heavy atom. The normalized spacial score (nSPS) is 9.83. The summed E-state index contributed by atoms with van der Waals surface area (Å²) in [4.78, 5) is 4.53. The van der Waals surface area contributed by atoms with Crippen LogP contribution in [0.2, 0.25) is 0 Å². The Morgan fingerprint density at radius 2 is 2.08 bits per heavy atom. The minimum absolute atomic E-state index is 0.385. The summed E-state index contributed by atoms with van der Waals surface area (Å²) in [6, 6.07) is 7.68. The molecule has 1 rings (SSSR count). The van der Waals surface area contributed by atoms with Crippen molar-refractivity contribution < 1.29 is 9.57 Å². The monoisotopic (exact) mass is 167 g/mol. The molecule has 0 spiro atoms. The molecule has 0 bridgehead atoms. The third kappa shape index (κ3) is 2.22. The van der Waals surface area contributed by atoms with Crippen molar-refractivity contribution >= 4 is 0 Å². The highest BCUT2D eigenvalue weighted by Gasteiger charge is 2.00. The van der Waals surface area contributed by atoms with Crippen molar-refractivity contribution in [2.24, 2.45) is 5.90 Å². The fourth-order valence-corrected chi connectivity index (χ4v) is 1.01. The first-order valence-electron chi connectivity index (χ1n) is 3.91. The van der Waals surface area contributed by atoms with Gasteiger partial charge in [0, 0.05) is 5.56 Å². The van der Waals surface area contributed by atoms with Gasteiger partial charge in [-0.3, -0.25) is 4.84 Å². The average Bonchev–Trinajstić information content (AvgIpc) is 2.09. The van der Waals surface area contributed by atoms with E-state index in [-0.39, 0.29) is 0 Å². The summed E-state index contributed by atoms with van der Waals surface area (Å²) >= 11 is 0. The fourth-order valence-electron chi connectivity index (χ4n) is 1.01. The van der Waals surface area contributed by atoms with E-state index in [0.29, 0.717) is 13.2 Å². The number of ether oxygens (including phenoxy) is 1. The van der Waals surface area contributed by atoms with Crippen LogP contribution >= 0.6 is 0 Å². The number of benzene rings is 1. The van der Waals surface area contributed by atoms with E-state index in [4.69, 9.17) is 10.6 Å². The topological polar surface area (TPSA) is 44.5 Å². The quantitative estimate of drug-likeness (QED) is 0.691. The lowest BCUT2D eigenvalue weighted by Gasteiger charge is -2.07. The molecule has 0 atom stereocenters. The zero-order valence-electron chi connectivity index (χ0n) is 7.12. The predicted octanol–water partition coefficient (Wildman–Crippen LogP) is 1.48. The second-order valence-corrected chi connectivity index (χ2v) is 2.35. The molecule has 3 heteroatoms. The van der Waals surface area contributed by atoms with Gasteiger partial charge in [-0.25, -0.2) is 5.90 Å². The minimum Gasteiger partial charge on any atom is -0.494 e. The highest BCUT2D eigenvalue weighted by molar-refractivity contribution is 5.32. The van der Waals surface area contributed by atoms with E-state index in [1.807, 2.05) is 31.2 Å². The van der Waals surface area contributed by atoms with Gasteiger partial charge in [0.05, 0.1) is 13.2 Å². The van der Waals surface area contributed by atoms with Gasteiger partial charge in [0.25, 0.3) is 0 Å². The summed E-state index contributed by atoms with van der Waals surface area (Å²) in [6.45, 7) is 2.98. The van der Waals surface area contributed by atoms with E-state index in [1.54, 1.807) is 0 Å². The molecule has 0 amide bonds.